The van der Waals surface area contributed by atoms with E-state index in [4.69, 9.17) is 4.74 Å². The summed E-state index contributed by atoms with van der Waals surface area (Å²) in [5, 5.41) is 3.04. The lowest BCUT2D eigenvalue weighted by molar-refractivity contribution is -0.160. The number of amides is 2. The molecule has 2 aliphatic rings. The normalized spacial score (nSPS) is 27.6. The maximum Gasteiger partial charge on any atom is 0.249 e. The second-order valence-corrected chi connectivity index (χ2v) is 6.07. The van der Waals surface area contributed by atoms with Gasteiger partial charge in [0, 0.05) is 7.11 Å². The molecule has 5 nitrogen and oxygen atoms in total. The summed E-state index contributed by atoms with van der Waals surface area (Å²) in [6.45, 7) is 4.37. The van der Waals surface area contributed by atoms with Crippen LogP contribution in [-0.2, 0) is 14.3 Å². The molecule has 2 atom stereocenters. The third-order valence-corrected chi connectivity index (χ3v) is 4.62. The Morgan fingerprint density at radius 3 is 2.55 bits per heavy atom. The van der Waals surface area contributed by atoms with E-state index >= 15 is 0 Å². The average Bonchev–Trinajstić information content (AvgIpc) is 2.43. The molecule has 1 heterocycles. The number of nitrogens with one attached hydrogen (secondary N) is 1. The van der Waals surface area contributed by atoms with Crippen LogP contribution in [0.5, 0.6) is 0 Å². The zero-order chi connectivity index (χ0) is 14.8. The van der Waals surface area contributed by atoms with Crippen molar-refractivity contribution in [3.8, 4) is 0 Å². The van der Waals surface area contributed by atoms with Crippen molar-refractivity contribution in [2.24, 2.45) is 0 Å². The Bertz CT molecular complexity index is 377. The fourth-order valence-corrected chi connectivity index (χ4v) is 3.59. The van der Waals surface area contributed by atoms with Gasteiger partial charge in [0.05, 0.1) is 12.6 Å². The number of hydrogen-bond donors (Lipinski definition) is 1. The molecule has 2 amide bonds. The summed E-state index contributed by atoms with van der Waals surface area (Å²) in [6, 6.07) is -0.428. The number of methoxy groups -OCH3 is 1. The molecule has 0 bridgehead atoms. The first-order valence-corrected chi connectivity index (χ1v) is 7.69. The number of carbonyl (C=O) groups excluding carboxylic acids is 2. The monoisotopic (exact) mass is 282 g/mol. The van der Waals surface area contributed by atoms with Crippen molar-refractivity contribution in [3.05, 3.63) is 0 Å². The Kier molecular flexibility index (Phi) is 4.68. The molecular weight excluding hydrogens is 256 g/mol. The summed E-state index contributed by atoms with van der Waals surface area (Å²) in [4.78, 5) is 27.2. The van der Waals surface area contributed by atoms with Crippen molar-refractivity contribution < 1.29 is 14.3 Å². The predicted octanol–water partition coefficient (Wildman–Crippen LogP) is 1.46. The van der Waals surface area contributed by atoms with E-state index < -0.39 is 5.54 Å². The van der Waals surface area contributed by atoms with Crippen molar-refractivity contribution >= 4 is 11.8 Å². The summed E-state index contributed by atoms with van der Waals surface area (Å²) < 4.78 is 5.18. The van der Waals surface area contributed by atoms with E-state index in [1.807, 2.05) is 13.8 Å². The Labute approximate surface area is 121 Å². The molecule has 2 rings (SSSR count). The van der Waals surface area contributed by atoms with Gasteiger partial charge in [0.25, 0.3) is 0 Å². The van der Waals surface area contributed by atoms with Crippen LogP contribution >= 0.6 is 0 Å². The number of ether oxygens (including phenoxy) is 1. The van der Waals surface area contributed by atoms with E-state index in [0.29, 0.717) is 13.0 Å². The van der Waals surface area contributed by atoms with Crippen molar-refractivity contribution in [2.45, 2.75) is 70.0 Å². The van der Waals surface area contributed by atoms with Crippen LogP contribution in [0, 0.1) is 0 Å². The van der Waals surface area contributed by atoms with Gasteiger partial charge in [-0.05, 0) is 26.2 Å². The van der Waals surface area contributed by atoms with Crippen LogP contribution in [0.4, 0.5) is 0 Å². The lowest BCUT2D eigenvalue weighted by Crippen LogP contribution is -2.72. The van der Waals surface area contributed by atoms with E-state index in [9.17, 15) is 9.59 Å². The van der Waals surface area contributed by atoms with Crippen molar-refractivity contribution in [3.63, 3.8) is 0 Å². The molecule has 0 aromatic carbocycles. The maximum absolute atomic E-state index is 13.0. The van der Waals surface area contributed by atoms with E-state index in [-0.39, 0.29) is 23.9 Å². The zero-order valence-electron chi connectivity index (χ0n) is 12.8. The Balaban J connectivity index is 2.28. The molecule has 5 heteroatoms. The standard InChI is InChI=1S/C15H26N2O3/c1-4-12-13(18)16-15(8-6-5-7-9-15)14(19)17(12)11(2)10-20-3/h11-12H,4-10H2,1-3H3,(H,16,18). The minimum atomic E-state index is -0.650. The van der Waals surface area contributed by atoms with Gasteiger partial charge in [-0.2, -0.15) is 0 Å². The summed E-state index contributed by atoms with van der Waals surface area (Å²) >= 11 is 0. The van der Waals surface area contributed by atoms with Crippen LogP contribution in [0.2, 0.25) is 0 Å². The Hall–Kier alpha value is -1.10. The van der Waals surface area contributed by atoms with Crippen molar-refractivity contribution in [1.82, 2.24) is 10.2 Å². The highest BCUT2D eigenvalue weighted by Crippen LogP contribution is 2.34. The molecule has 1 spiro atoms. The van der Waals surface area contributed by atoms with E-state index in [1.54, 1.807) is 12.0 Å². The van der Waals surface area contributed by atoms with Gasteiger partial charge < -0.3 is 15.0 Å². The molecule has 0 aromatic heterocycles. The van der Waals surface area contributed by atoms with Crippen molar-refractivity contribution in [2.75, 3.05) is 13.7 Å². The first-order valence-electron chi connectivity index (χ1n) is 7.69. The number of hydrogen-bond acceptors (Lipinski definition) is 3. The third-order valence-electron chi connectivity index (χ3n) is 4.62. The van der Waals surface area contributed by atoms with Gasteiger partial charge in [-0.15, -0.1) is 0 Å². The summed E-state index contributed by atoms with van der Waals surface area (Å²) in [7, 11) is 1.63. The van der Waals surface area contributed by atoms with Crippen LogP contribution in [0.15, 0.2) is 0 Å². The van der Waals surface area contributed by atoms with Gasteiger partial charge in [0.15, 0.2) is 0 Å². The molecule has 1 saturated carbocycles. The Morgan fingerprint density at radius 2 is 2.00 bits per heavy atom. The van der Waals surface area contributed by atoms with Crippen LogP contribution in [0.1, 0.15) is 52.4 Å². The molecular formula is C15H26N2O3. The topological polar surface area (TPSA) is 58.6 Å². The van der Waals surface area contributed by atoms with Crippen LogP contribution < -0.4 is 5.32 Å². The highest BCUT2D eigenvalue weighted by Gasteiger charge is 2.51. The highest BCUT2D eigenvalue weighted by atomic mass is 16.5. The summed E-state index contributed by atoms with van der Waals surface area (Å²) in [5.74, 6) is 0.0881. The van der Waals surface area contributed by atoms with Gasteiger partial charge in [-0.1, -0.05) is 26.2 Å². The average molecular weight is 282 g/mol. The second-order valence-electron chi connectivity index (χ2n) is 6.07. The quantitative estimate of drug-likeness (QED) is 0.849. The number of piperazine rings is 1. The summed E-state index contributed by atoms with van der Waals surface area (Å²) in [6.07, 6.45) is 5.34. The molecule has 1 aliphatic carbocycles. The molecule has 1 saturated heterocycles. The lowest BCUT2D eigenvalue weighted by atomic mass is 9.78. The Morgan fingerprint density at radius 1 is 1.35 bits per heavy atom. The van der Waals surface area contributed by atoms with E-state index in [0.717, 1.165) is 32.1 Å². The predicted molar refractivity (Wildman–Crippen MR) is 76.2 cm³/mol. The zero-order valence-corrected chi connectivity index (χ0v) is 12.8. The van der Waals surface area contributed by atoms with E-state index in [2.05, 4.69) is 5.32 Å². The smallest absolute Gasteiger partial charge is 0.249 e. The SMILES string of the molecule is CCC1C(=O)NC2(CCCCC2)C(=O)N1C(C)COC. The van der Waals surface area contributed by atoms with Crippen LogP contribution in [0.25, 0.3) is 0 Å². The number of carbonyl (C=O) groups is 2. The van der Waals surface area contributed by atoms with Gasteiger partial charge in [0.2, 0.25) is 11.8 Å². The first-order chi connectivity index (χ1) is 9.55. The van der Waals surface area contributed by atoms with Gasteiger partial charge in [-0.25, -0.2) is 0 Å². The molecule has 0 aromatic rings. The third kappa shape index (κ3) is 2.55. The van der Waals surface area contributed by atoms with Crippen LogP contribution in [-0.4, -0.2) is 48.1 Å². The molecule has 1 aliphatic heterocycles. The maximum atomic E-state index is 13.0. The number of nitrogens with zero attached hydrogens (tertiary/aromatic N) is 1. The first kappa shape index (κ1) is 15.3. The van der Waals surface area contributed by atoms with Gasteiger partial charge >= 0.3 is 0 Å². The summed E-state index contributed by atoms with van der Waals surface area (Å²) in [5.41, 5.74) is -0.650. The molecule has 20 heavy (non-hydrogen) atoms. The lowest BCUT2D eigenvalue weighted by Gasteiger charge is -2.49. The van der Waals surface area contributed by atoms with E-state index in [1.165, 1.54) is 0 Å². The van der Waals surface area contributed by atoms with Crippen LogP contribution in [0.3, 0.4) is 0 Å². The van der Waals surface area contributed by atoms with Gasteiger partial charge in [0.1, 0.15) is 11.6 Å². The van der Waals surface area contributed by atoms with Crippen molar-refractivity contribution in [1.29, 1.82) is 0 Å². The minimum Gasteiger partial charge on any atom is -0.383 e. The molecule has 1 N–H and O–H groups in total. The second kappa shape index (κ2) is 6.12. The molecule has 0 radical (unpaired) electrons. The molecule has 2 fully saturated rings. The molecule has 114 valence electrons. The number of rotatable bonds is 4. The minimum absolute atomic E-state index is 0.00282. The van der Waals surface area contributed by atoms with Gasteiger partial charge in [-0.3, -0.25) is 9.59 Å². The fourth-order valence-electron chi connectivity index (χ4n) is 3.59. The fraction of sp³-hybridized carbons (Fsp3) is 0.867. The largest absolute Gasteiger partial charge is 0.383 e. The molecule has 2 unspecified atom stereocenters. The highest BCUT2D eigenvalue weighted by molar-refractivity contribution is 6.00.